The maximum absolute atomic E-state index is 12.3. The maximum Gasteiger partial charge on any atom is 0.414 e. The number of halogens is 2. The Labute approximate surface area is 217 Å². The van der Waals surface area contributed by atoms with E-state index in [1.165, 1.54) is 12.7 Å². The van der Waals surface area contributed by atoms with Crippen LogP contribution in [0.25, 0.3) is 0 Å². The van der Waals surface area contributed by atoms with E-state index in [0.717, 1.165) is 0 Å². The SMILES string of the molecule is Br.C=CCCC1(O)CCC(OC(=O)NC(=O)CCl)C(OC)C1(CS)C1(C)OC1CC=C(C)C. The molecule has 1 aliphatic heterocycles. The Hall–Kier alpha value is -0.580. The molecule has 7 nitrogen and oxygen atoms in total. The molecule has 0 spiro atoms. The fourth-order valence-electron chi connectivity index (χ4n) is 5.22. The Morgan fingerprint density at radius 1 is 1.39 bits per heavy atom. The summed E-state index contributed by atoms with van der Waals surface area (Å²) >= 11 is 10.2. The molecule has 2 aliphatic rings. The fourth-order valence-corrected chi connectivity index (χ4v) is 6.08. The zero-order chi connectivity index (χ0) is 24.2. The van der Waals surface area contributed by atoms with Gasteiger partial charge in [-0.3, -0.25) is 10.1 Å². The number of rotatable bonds is 10. The third-order valence-corrected chi connectivity index (χ3v) is 7.69. The van der Waals surface area contributed by atoms with Crippen LogP contribution in [-0.2, 0) is 19.0 Å². The quantitative estimate of drug-likeness (QED) is 0.156. The molecule has 2 rings (SSSR count). The molecule has 1 saturated heterocycles. The molecule has 0 aromatic rings. The van der Waals surface area contributed by atoms with Crippen LogP contribution in [0.1, 0.15) is 52.9 Å². The van der Waals surface area contributed by atoms with Gasteiger partial charge in [0.2, 0.25) is 5.91 Å². The van der Waals surface area contributed by atoms with Gasteiger partial charge in [0.1, 0.15) is 23.7 Å². The van der Waals surface area contributed by atoms with Crippen molar-refractivity contribution in [1.82, 2.24) is 5.32 Å². The minimum Gasteiger partial charge on any atom is -0.443 e. The van der Waals surface area contributed by atoms with Crippen molar-refractivity contribution < 1.29 is 28.9 Å². The van der Waals surface area contributed by atoms with Gasteiger partial charge in [-0.2, -0.15) is 12.6 Å². The third-order valence-electron chi connectivity index (χ3n) is 6.95. The van der Waals surface area contributed by atoms with Gasteiger partial charge in [-0.25, -0.2) is 4.79 Å². The topological polar surface area (TPSA) is 97.4 Å². The van der Waals surface area contributed by atoms with Crippen molar-refractivity contribution in [3.8, 4) is 0 Å². The van der Waals surface area contributed by atoms with Gasteiger partial charge in [0.05, 0.1) is 17.1 Å². The first-order chi connectivity index (χ1) is 15.0. The van der Waals surface area contributed by atoms with Crippen molar-refractivity contribution in [3.05, 3.63) is 24.3 Å². The number of hydrogen-bond donors (Lipinski definition) is 3. The number of amides is 2. The van der Waals surface area contributed by atoms with Gasteiger partial charge < -0.3 is 19.3 Å². The zero-order valence-corrected chi connectivity index (χ0v) is 23.1. The zero-order valence-electron chi connectivity index (χ0n) is 19.8. The van der Waals surface area contributed by atoms with Crippen LogP contribution in [0.2, 0.25) is 0 Å². The van der Waals surface area contributed by atoms with Crippen molar-refractivity contribution in [1.29, 1.82) is 0 Å². The van der Waals surface area contributed by atoms with E-state index in [1.54, 1.807) is 6.08 Å². The van der Waals surface area contributed by atoms with Crippen LogP contribution >= 0.6 is 41.2 Å². The number of carbonyl (C=O) groups is 2. The first-order valence-corrected chi connectivity index (χ1v) is 12.1. The van der Waals surface area contributed by atoms with E-state index in [0.29, 0.717) is 32.1 Å². The second-order valence-electron chi connectivity index (χ2n) is 9.04. The number of ether oxygens (including phenoxy) is 3. The molecule has 10 heteroatoms. The Bertz CT molecular complexity index is 750. The van der Waals surface area contributed by atoms with Crippen LogP contribution in [0.3, 0.4) is 0 Å². The molecule has 0 aromatic heterocycles. The Morgan fingerprint density at radius 2 is 2.06 bits per heavy atom. The maximum atomic E-state index is 12.3. The second-order valence-corrected chi connectivity index (χ2v) is 9.62. The number of imide groups is 1. The molecule has 2 N–H and O–H groups in total. The summed E-state index contributed by atoms with van der Waals surface area (Å²) in [6, 6.07) is 0. The highest BCUT2D eigenvalue weighted by molar-refractivity contribution is 8.93. The van der Waals surface area contributed by atoms with Crippen molar-refractivity contribution in [3.63, 3.8) is 0 Å². The average molecular weight is 571 g/mol. The lowest BCUT2D eigenvalue weighted by atomic mass is 9.53. The first kappa shape index (κ1) is 30.5. The van der Waals surface area contributed by atoms with E-state index in [-0.39, 0.29) is 34.7 Å². The Balaban J connectivity index is 0.00000544. The van der Waals surface area contributed by atoms with Gasteiger partial charge in [-0.15, -0.1) is 35.2 Å². The van der Waals surface area contributed by atoms with Gasteiger partial charge in [-0.05, 0) is 52.9 Å². The van der Waals surface area contributed by atoms with E-state index >= 15 is 0 Å². The molecule has 1 saturated carbocycles. The van der Waals surface area contributed by atoms with Crippen LogP contribution in [0.15, 0.2) is 24.3 Å². The summed E-state index contributed by atoms with van der Waals surface area (Å²) in [5.41, 5.74) is -1.72. The monoisotopic (exact) mass is 569 g/mol. The predicted octanol–water partition coefficient (Wildman–Crippen LogP) is 4.36. The molecule has 2 fully saturated rings. The van der Waals surface area contributed by atoms with E-state index in [4.69, 9.17) is 38.4 Å². The molecular formula is C23H37BrClNO6S. The molecule has 33 heavy (non-hydrogen) atoms. The molecule has 190 valence electrons. The first-order valence-electron chi connectivity index (χ1n) is 10.9. The van der Waals surface area contributed by atoms with Crippen LogP contribution in [-0.4, -0.2) is 65.4 Å². The third kappa shape index (κ3) is 5.98. The average Bonchev–Trinajstić information content (AvgIpc) is 3.42. The number of carbonyl (C=O) groups excluding carboxylic acids is 2. The largest absolute Gasteiger partial charge is 0.443 e. The number of thiol groups is 1. The highest BCUT2D eigenvalue weighted by Gasteiger charge is 2.76. The van der Waals surface area contributed by atoms with Gasteiger partial charge in [0, 0.05) is 12.9 Å². The number of nitrogens with one attached hydrogen (secondary N) is 1. The fraction of sp³-hybridized carbons (Fsp3) is 0.739. The number of hydrogen-bond acceptors (Lipinski definition) is 7. The minimum atomic E-state index is -1.18. The summed E-state index contributed by atoms with van der Waals surface area (Å²) < 4.78 is 17.7. The normalized spacial score (nSPS) is 35.1. The smallest absolute Gasteiger partial charge is 0.414 e. The van der Waals surface area contributed by atoms with Crippen LogP contribution in [0.5, 0.6) is 0 Å². The Morgan fingerprint density at radius 3 is 2.58 bits per heavy atom. The summed E-state index contributed by atoms with van der Waals surface area (Å²) in [4.78, 5) is 23.8. The molecule has 0 bridgehead atoms. The standard InChI is InChI=1S/C23H36ClNO6S.BrH/c1-6-7-11-22(28)12-10-16(30-20(27)25-18(26)13-24)19(29-5)23(22,14-32)21(4)17(31-21)9-8-15(2)3;/h6,8,16-17,19,28,32H,1,7,9-14H2,2-5H3,(H,25,26,27);1H. The second kappa shape index (κ2) is 12.4. The summed E-state index contributed by atoms with van der Waals surface area (Å²) in [7, 11) is 1.52. The number of alkyl halides is 1. The molecule has 0 aromatic carbocycles. The van der Waals surface area contributed by atoms with Crippen LogP contribution in [0.4, 0.5) is 4.79 Å². The lowest BCUT2D eigenvalue weighted by Crippen LogP contribution is -2.70. The summed E-state index contributed by atoms with van der Waals surface area (Å²) in [5.74, 6) is -0.750. The number of allylic oxidation sites excluding steroid dienone is 2. The number of epoxide rings is 1. The van der Waals surface area contributed by atoms with Gasteiger partial charge >= 0.3 is 6.09 Å². The molecule has 6 atom stereocenters. The minimum absolute atomic E-state index is 0. The molecule has 2 amide bonds. The molecule has 0 radical (unpaired) electrons. The highest BCUT2D eigenvalue weighted by atomic mass is 79.9. The molecule has 1 aliphatic carbocycles. The van der Waals surface area contributed by atoms with Crippen LogP contribution < -0.4 is 5.32 Å². The van der Waals surface area contributed by atoms with Gasteiger partial charge in [-0.1, -0.05) is 17.7 Å². The van der Waals surface area contributed by atoms with Gasteiger partial charge in [0.25, 0.3) is 0 Å². The number of methoxy groups -OCH3 is 1. The van der Waals surface area contributed by atoms with E-state index < -0.39 is 40.8 Å². The van der Waals surface area contributed by atoms with E-state index in [2.05, 4.69) is 18.0 Å². The predicted molar refractivity (Wildman–Crippen MR) is 137 cm³/mol. The summed E-state index contributed by atoms with van der Waals surface area (Å²) in [6.45, 7) is 9.82. The van der Waals surface area contributed by atoms with E-state index in [1.807, 2.05) is 20.8 Å². The van der Waals surface area contributed by atoms with Gasteiger partial charge in [0.15, 0.2) is 0 Å². The molecule has 1 heterocycles. The molecule has 6 unspecified atom stereocenters. The van der Waals surface area contributed by atoms with Crippen LogP contribution in [0, 0.1) is 5.41 Å². The summed E-state index contributed by atoms with van der Waals surface area (Å²) in [5, 5.41) is 14.1. The number of aliphatic hydroxyl groups is 1. The lowest BCUT2D eigenvalue weighted by molar-refractivity contribution is -0.231. The van der Waals surface area contributed by atoms with Crippen molar-refractivity contribution in [2.75, 3.05) is 18.7 Å². The Kier molecular flexibility index (Phi) is 11.4. The van der Waals surface area contributed by atoms with Crippen molar-refractivity contribution >= 4 is 53.2 Å². The van der Waals surface area contributed by atoms with Crippen molar-refractivity contribution in [2.45, 2.75) is 82.4 Å². The number of alkyl carbamates (subject to hydrolysis) is 1. The summed E-state index contributed by atoms with van der Waals surface area (Å²) in [6.07, 6.45) is 3.91. The highest BCUT2D eigenvalue weighted by Crippen LogP contribution is 2.64. The molecular weight excluding hydrogens is 534 g/mol. The van der Waals surface area contributed by atoms with Crippen molar-refractivity contribution in [2.24, 2.45) is 5.41 Å². The lowest BCUT2D eigenvalue weighted by Gasteiger charge is -2.58. The van der Waals surface area contributed by atoms with E-state index in [9.17, 15) is 14.7 Å².